The molecule has 1 saturated heterocycles. The molecule has 1 aromatic carbocycles. The molecular formula is C12H14F2N2O. The molecule has 1 aliphatic heterocycles. The van der Waals surface area contributed by atoms with Crippen LogP contribution in [0.5, 0.6) is 0 Å². The molecule has 3 nitrogen and oxygen atoms in total. The number of hydrogen-bond donors (Lipinski definition) is 1. The van der Waals surface area contributed by atoms with Crippen molar-refractivity contribution in [1.82, 2.24) is 5.32 Å². The molecule has 1 N–H and O–H groups in total. The molecular weight excluding hydrogens is 226 g/mol. The predicted octanol–water partition coefficient (Wildman–Crippen LogP) is 1.68. The van der Waals surface area contributed by atoms with Gasteiger partial charge in [-0.3, -0.25) is 4.79 Å². The Hall–Kier alpha value is -1.49. The number of benzene rings is 1. The lowest BCUT2D eigenvalue weighted by Gasteiger charge is -2.17. The predicted molar refractivity (Wildman–Crippen MR) is 60.8 cm³/mol. The van der Waals surface area contributed by atoms with Crippen LogP contribution in [0.15, 0.2) is 18.2 Å². The number of carbonyl (C=O) groups is 1. The van der Waals surface area contributed by atoms with Crippen molar-refractivity contribution < 1.29 is 13.6 Å². The van der Waals surface area contributed by atoms with Gasteiger partial charge in [-0.1, -0.05) is 13.0 Å². The maximum Gasteiger partial charge on any atom is 0.244 e. The Morgan fingerprint density at radius 3 is 2.94 bits per heavy atom. The molecule has 92 valence electrons. The maximum absolute atomic E-state index is 13.6. The summed E-state index contributed by atoms with van der Waals surface area (Å²) in [5.41, 5.74) is 0.0235. The van der Waals surface area contributed by atoms with Crippen LogP contribution in [0, 0.1) is 11.6 Å². The first kappa shape index (κ1) is 12.0. The normalized spacial score (nSPS) is 20.1. The molecule has 1 fully saturated rings. The second kappa shape index (κ2) is 4.79. The lowest BCUT2D eigenvalue weighted by Crippen LogP contribution is -2.38. The minimum atomic E-state index is -0.960. The molecule has 2 rings (SSSR count). The van der Waals surface area contributed by atoms with Crippen LogP contribution in [-0.4, -0.2) is 25.0 Å². The maximum atomic E-state index is 13.6. The van der Waals surface area contributed by atoms with E-state index in [-0.39, 0.29) is 17.6 Å². The van der Waals surface area contributed by atoms with Crippen molar-refractivity contribution in [3.05, 3.63) is 29.8 Å². The highest BCUT2D eigenvalue weighted by Gasteiger charge is 2.33. The summed E-state index contributed by atoms with van der Waals surface area (Å²) in [6.45, 7) is 2.99. The van der Waals surface area contributed by atoms with Gasteiger partial charge >= 0.3 is 0 Å². The SMILES string of the molecule is CCNC1CCN(c2cccc(F)c2F)C1=O. The zero-order chi connectivity index (χ0) is 12.4. The molecule has 0 aromatic heterocycles. The van der Waals surface area contributed by atoms with E-state index in [0.29, 0.717) is 19.5 Å². The Labute approximate surface area is 98.4 Å². The Balaban J connectivity index is 2.24. The van der Waals surface area contributed by atoms with E-state index < -0.39 is 11.6 Å². The van der Waals surface area contributed by atoms with Crippen LogP contribution in [0.1, 0.15) is 13.3 Å². The van der Waals surface area contributed by atoms with E-state index in [4.69, 9.17) is 0 Å². The third-order valence-corrected chi connectivity index (χ3v) is 2.88. The van der Waals surface area contributed by atoms with Gasteiger partial charge in [0.1, 0.15) is 0 Å². The van der Waals surface area contributed by atoms with Crippen molar-refractivity contribution in [2.45, 2.75) is 19.4 Å². The quantitative estimate of drug-likeness (QED) is 0.871. The van der Waals surface area contributed by atoms with Crippen LogP contribution in [0.25, 0.3) is 0 Å². The Morgan fingerprint density at radius 2 is 2.24 bits per heavy atom. The van der Waals surface area contributed by atoms with Crippen molar-refractivity contribution in [3.8, 4) is 0 Å². The fourth-order valence-electron chi connectivity index (χ4n) is 2.06. The molecule has 1 atom stereocenters. The summed E-state index contributed by atoms with van der Waals surface area (Å²) in [4.78, 5) is 13.2. The number of carbonyl (C=O) groups excluding carboxylic acids is 1. The molecule has 1 aromatic rings. The van der Waals surface area contributed by atoms with Gasteiger partial charge in [-0.05, 0) is 25.1 Å². The summed E-state index contributed by atoms with van der Waals surface area (Å²) in [5.74, 6) is -2.09. The second-order valence-electron chi connectivity index (χ2n) is 3.96. The third-order valence-electron chi connectivity index (χ3n) is 2.88. The largest absolute Gasteiger partial charge is 0.308 e. The summed E-state index contributed by atoms with van der Waals surface area (Å²) in [5, 5.41) is 3.02. The number of nitrogens with one attached hydrogen (secondary N) is 1. The smallest absolute Gasteiger partial charge is 0.244 e. The van der Waals surface area contributed by atoms with Gasteiger partial charge in [0.25, 0.3) is 0 Å². The van der Waals surface area contributed by atoms with Crippen molar-refractivity contribution in [3.63, 3.8) is 0 Å². The van der Waals surface area contributed by atoms with Gasteiger partial charge in [-0.15, -0.1) is 0 Å². The number of nitrogens with zero attached hydrogens (tertiary/aromatic N) is 1. The van der Waals surface area contributed by atoms with Gasteiger partial charge in [0.05, 0.1) is 11.7 Å². The van der Waals surface area contributed by atoms with Crippen LogP contribution in [0.2, 0.25) is 0 Å². The molecule has 0 radical (unpaired) electrons. The summed E-state index contributed by atoms with van der Waals surface area (Å²) in [6.07, 6.45) is 0.614. The van der Waals surface area contributed by atoms with Crippen LogP contribution in [0.4, 0.5) is 14.5 Å². The highest BCUT2D eigenvalue weighted by molar-refractivity contribution is 5.99. The summed E-state index contributed by atoms with van der Waals surface area (Å²) >= 11 is 0. The fourth-order valence-corrected chi connectivity index (χ4v) is 2.06. The summed E-state index contributed by atoms with van der Waals surface area (Å²) < 4.78 is 26.6. The van der Waals surface area contributed by atoms with Crippen LogP contribution in [-0.2, 0) is 4.79 Å². The van der Waals surface area contributed by atoms with Crippen molar-refractivity contribution in [2.24, 2.45) is 0 Å². The van der Waals surface area contributed by atoms with Gasteiger partial charge in [-0.2, -0.15) is 0 Å². The molecule has 5 heteroatoms. The van der Waals surface area contributed by atoms with Crippen molar-refractivity contribution in [1.29, 1.82) is 0 Å². The first-order valence-electron chi connectivity index (χ1n) is 5.64. The van der Waals surface area contributed by atoms with E-state index in [1.165, 1.54) is 17.0 Å². The zero-order valence-corrected chi connectivity index (χ0v) is 9.54. The standard InChI is InChI=1S/C12H14F2N2O/c1-2-15-9-6-7-16(12(9)17)10-5-3-4-8(13)11(10)14/h3-5,9,15H,2,6-7H2,1H3. The first-order valence-corrected chi connectivity index (χ1v) is 5.64. The number of likely N-dealkylation sites (N-methyl/N-ethyl adjacent to an activating group) is 1. The number of anilines is 1. The Morgan fingerprint density at radius 1 is 1.47 bits per heavy atom. The minimum absolute atomic E-state index is 0.0235. The molecule has 0 aliphatic carbocycles. The van der Waals surface area contributed by atoms with Crippen LogP contribution >= 0.6 is 0 Å². The molecule has 1 aliphatic rings. The molecule has 1 amide bonds. The highest BCUT2D eigenvalue weighted by Crippen LogP contribution is 2.25. The molecule has 17 heavy (non-hydrogen) atoms. The van der Waals surface area contributed by atoms with E-state index >= 15 is 0 Å². The average Bonchev–Trinajstić information content (AvgIpc) is 2.66. The van der Waals surface area contributed by atoms with Crippen LogP contribution in [0.3, 0.4) is 0 Å². The van der Waals surface area contributed by atoms with Gasteiger partial charge in [0, 0.05) is 6.54 Å². The monoisotopic (exact) mass is 240 g/mol. The van der Waals surface area contributed by atoms with Gasteiger partial charge in [0.2, 0.25) is 5.91 Å². The number of amides is 1. The molecule has 1 unspecified atom stereocenters. The summed E-state index contributed by atoms with van der Waals surface area (Å²) in [7, 11) is 0. The lowest BCUT2D eigenvalue weighted by molar-refractivity contribution is -0.118. The lowest BCUT2D eigenvalue weighted by atomic mass is 10.2. The number of halogens is 2. The van der Waals surface area contributed by atoms with E-state index in [2.05, 4.69) is 5.32 Å². The summed E-state index contributed by atoms with van der Waals surface area (Å²) in [6, 6.07) is 3.58. The van der Waals surface area contributed by atoms with Gasteiger partial charge in [-0.25, -0.2) is 8.78 Å². The third kappa shape index (κ3) is 2.15. The highest BCUT2D eigenvalue weighted by atomic mass is 19.2. The molecule has 0 spiro atoms. The fraction of sp³-hybridized carbons (Fsp3) is 0.417. The van der Waals surface area contributed by atoms with E-state index in [9.17, 15) is 13.6 Å². The van der Waals surface area contributed by atoms with E-state index in [0.717, 1.165) is 6.07 Å². The Bertz CT molecular complexity index is 437. The van der Waals surface area contributed by atoms with Gasteiger partial charge < -0.3 is 10.2 Å². The average molecular weight is 240 g/mol. The number of rotatable bonds is 3. The second-order valence-corrected chi connectivity index (χ2v) is 3.96. The minimum Gasteiger partial charge on any atom is -0.308 e. The van der Waals surface area contributed by atoms with E-state index in [1.54, 1.807) is 0 Å². The molecule has 1 heterocycles. The number of hydrogen-bond acceptors (Lipinski definition) is 2. The zero-order valence-electron chi connectivity index (χ0n) is 9.54. The van der Waals surface area contributed by atoms with Crippen LogP contribution < -0.4 is 10.2 Å². The van der Waals surface area contributed by atoms with Crippen molar-refractivity contribution >= 4 is 11.6 Å². The van der Waals surface area contributed by atoms with Gasteiger partial charge in [0.15, 0.2) is 11.6 Å². The first-order chi connectivity index (χ1) is 8.15. The van der Waals surface area contributed by atoms with Crippen molar-refractivity contribution in [2.75, 3.05) is 18.0 Å². The van der Waals surface area contributed by atoms with E-state index in [1.807, 2.05) is 6.92 Å². The molecule has 0 bridgehead atoms. The Kier molecular flexibility index (Phi) is 3.38. The molecule has 0 saturated carbocycles. The topological polar surface area (TPSA) is 32.3 Å².